The van der Waals surface area contributed by atoms with Crippen LogP contribution in [0.3, 0.4) is 0 Å². The molecule has 3 heteroatoms. The third kappa shape index (κ3) is 3.35. The third-order valence-corrected chi connectivity index (χ3v) is 4.02. The van der Waals surface area contributed by atoms with Crippen LogP contribution < -0.4 is 5.73 Å². The Hall–Kier alpha value is -1.35. The number of hydrogen-bond acceptors (Lipinski definition) is 2. The monoisotopic (exact) mass is 260 g/mol. The second kappa shape index (κ2) is 6.20. The standard InChI is InChI=1S/C16H24N2O/c1-12-5-6-13(2)14(9-12)10-15(11-17)16(19)18-7-3-4-8-18/h5-6,9,15H,3-4,7-8,10-11,17H2,1-2H3. The summed E-state index contributed by atoms with van der Waals surface area (Å²) in [5.74, 6) is 0.166. The van der Waals surface area contributed by atoms with Gasteiger partial charge in [-0.2, -0.15) is 0 Å². The number of nitrogens with zero attached hydrogens (tertiary/aromatic N) is 1. The zero-order valence-electron chi connectivity index (χ0n) is 12.0. The van der Waals surface area contributed by atoms with Crippen molar-refractivity contribution in [3.8, 4) is 0 Å². The molecule has 0 bridgehead atoms. The minimum Gasteiger partial charge on any atom is -0.342 e. The molecule has 19 heavy (non-hydrogen) atoms. The van der Waals surface area contributed by atoms with Crippen LogP contribution in [0.25, 0.3) is 0 Å². The van der Waals surface area contributed by atoms with E-state index in [1.165, 1.54) is 16.7 Å². The zero-order valence-corrected chi connectivity index (χ0v) is 12.0. The molecule has 1 fully saturated rings. The van der Waals surface area contributed by atoms with Crippen molar-refractivity contribution in [2.24, 2.45) is 11.7 Å². The first-order valence-corrected chi connectivity index (χ1v) is 7.17. The largest absolute Gasteiger partial charge is 0.342 e. The van der Waals surface area contributed by atoms with Gasteiger partial charge in [-0.25, -0.2) is 0 Å². The van der Waals surface area contributed by atoms with E-state index in [9.17, 15) is 4.79 Å². The summed E-state index contributed by atoms with van der Waals surface area (Å²) in [5, 5.41) is 0. The lowest BCUT2D eigenvalue weighted by molar-refractivity contribution is -0.134. The third-order valence-electron chi connectivity index (χ3n) is 4.02. The van der Waals surface area contributed by atoms with Gasteiger partial charge in [-0.15, -0.1) is 0 Å². The van der Waals surface area contributed by atoms with Crippen LogP contribution in [0.1, 0.15) is 29.5 Å². The van der Waals surface area contributed by atoms with Crippen molar-refractivity contribution in [2.75, 3.05) is 19.6 Å². The number of nitrogens with two attached hydrogens (primary N) is 1. The maximum absolute atomic E-state index is 12.4. The molecule has 1 atom stereocenters. The Balaban J connectivity index is 2.09. The van der Waals surface area contributed by atoms with Gasteiger partial charge in [-0.1, -0.05) is 23.8 Å². The summed E-state index contributed by atoms with van der Waals surface area (Å²) in [6, 6.07) is 6.41. The highest BCUT2D eigenvalue weighted by atomic mass is 16.2. The topological polar surface area (TPSA) is 46.3 Å². The van der Waals surface area contributed by atoms with Crippen LogP contribution in [-0.2, 0) is 11.2 Å². The van der Waals surface area contributed by atoms with Gasteiger partial charge in [0.25, 0.3) is 0 Å². The van der Waals surface area contributed by atoms with Crippen LogP contribution >= 0.6 is 0 Å². The van der Waals surface area contributed by atoms with Crippen LogP contribution in [-0.4, -0.2) is 30.4 Å². The molecule has 0 aliphatic carbocycles. The van der Waals surface area contributed by atoms with E-state index in [0.717, 1.165) is 32.4 Å². The van der Waals surface area contributed by atoms with Crippen molar-refractivity contribution >= 4 is 5.91 Å². The molecule has 2 rings (SSSR count). The Labute approximate surface area is 115 Å². The van der Waals surface area contributed by atoms with Crippen molar-refractivity contribution in [2.45, 2.75) is 33.1 Å². The average molecular weight is 260 g/mol. The van der Waals surface area contributed by atoms with Gasteiger partial charge in [0.1, 0.15) is 0 Å². The van der Waals surface area contributed by atoms with Gasteiger partial charge >= 0.3 is 0 Å². The van der Waals surface area contributed by atoms with Gasteiger partial charge in [-0.3, -0.25) is 4.79 Å². The Bertz CT molecular complexity index is 450. The summed E-state index contributed by atoms with van der Waals surface area (Å²) in [7, 11) is 0. The molecule has 0 spiro atoms. The van der Waals surface area contributed by atoms with Gasteiger partial charge in [0, 0.05) is 19.6 Å². The normalized spacial score (nSPS) is 16.7. The zero-order chi connectivity index (χ0) is 13.8. The molecule has 1 unspecified atom stereocenters. The van der Waals surface area contributed by atoms with Gasteiger partial charge in [-0.05, 0) is 44.2 Å². The minimum absolute atomic E-state index is 0.0707. The SMILES string of the molecule is Cc1ccc(C)c(CC(CN)C(=O)N2CCCC2)c1. The molecule has 0 saturated carbocycles. The van der Waals surface area contributed by atoms with Crippen LogP contribution in [0.4, 0.5) is 0 Å². The Morgan fingerprint density at radius 3 is 2.63 bits per heavy atom. The highest BCUT2D eigenvalue weighted by Crippen LogP contribution is 2.18. The number of carbonyl (C=O) groups is 1. The summed E-state index contributed by atoms with van der Waals surface area (Å²) in [6.45, 7) is 6.43. The number of rotatable bonds is 4. The molecule has 1 amide bonds. The quantitative estimate of drug-likeness (QED) is 0.900. The van der Waals surface area contributed by atoms with E-state index in [-0.39, 0.29) is 11.8 Å². The summed E-state index contributed by atoms with van der Waals surface area (Å²) in [6.07, 6.45) is 3.03. The van der Waals surface area contributed by atoms with Crippen LogP contribution in [0.15, 0.2) is 18.2 Å². The fraction of sp³-hybridized carbons (Fsp3) is 0.562. The first-order valence-electron chi connectivity index (χ1n) is 7.17. The molecule has 1 heterocycles. The highest BCUT2D eigenvalue weighted by molar-refractivity contribution is 5.79. The molecule has 2 N–H and O–H groups in total. The van der Waals surface area contributed by atoms with Crippen LogP contribution in [0, 0.1) is 19.8 Å². The molecule has 104 valence electrons. The van der Waals surface area contributed by atoms with E-state index in [1.807, 2.05) is 4.90 Å². The van der Waals surface area contributed by atoms with Crippen molar-refractivity contribution in [3.63, 3.8) is 0 Å². The first-order chi connectivity index (χ1) is 9.11. The number of hydrogen-bond donors (Lipinski definition) is 1. The molecular formula is C16H24N2O. The molecule has 1 aliphatic rings. The number of carbonyl (C=O) groups excluding carboxylic acids is 1. The minimum atomic E-state index is -0.0707. The van der Waals surface area contributed by atoms with Gasteiger partial charge in [0.05, 0.1) is 5.92 Å². The lowest BCUT2D eigenvalue weighted by atomic mass is 9.94. The second-order valence-electron chi connectivity index (χ2n) is 5.60. The van der Waals surface area contributed by atoms with Gasteiger partial charge < -0.3 is 10.6 Å². The first kappa shape index (κ1) is 14.1. The second-order valence-corrected chi connectivity index (χ2v) is 5.60. The van der Waals surface area contributed by atoms with Crippen LogP contribution in [0.2, 0.25) is 0 Å². The van der Waals surface area contributed by atoms with E-state index in [0.29, 0.717) is 6.54 Å². The van der Waals surface area contributed by atoms with Crippen molar-refractivity contribution in [3.05, 3.63) is 34.9 Å². The van der Waals surface area contributed by atoms with Gasteiger partial charge in [0.2, 0.25) is 5.91 Å². The smallest absolute Gasteiger partial charge is 0.227 e. The maximum atomic E-state index is 12.4. The van der Waals surface area contributed by atoms with E-state index >= 15 is 0 Å². The van der Waals surface area contributed by atoms with E-state index < -0.39 is 0 Å². The van der Waals surface area contributed by atoms with Crippen LogP contribution in [0.5, 0.6) is 0 Å². The Kier molecular flexibility index (Phi) is 4.59. The molecule has 1 aromatic rings. The molecule has 3 nitrogen and oxygen atoms in total. The lowest BCUT2D eigenvalue weighted by Crippen LogP contribution is -2.38. The summed E-state index contributed by atoms with van der Waals surface area (Å²) in [5.41, 5.74) is 9.57. The molecule has 1 aliphatic heterocycles. The molecular weight excluding hydrogens is 236 g/mol. The molecule has 0 aromatic heterocycles. The fourth-order valence-electron chi connectivity index (χ4n) is 2.75. The number of benzene rings is 1. The number of aryl methyl sites for hydroxylation is 2. The van der Waals surface area contributed by atoms with E-state index in [2.05, 4.69) is 32.0 Å². The van der Waals surface area contributed by atoms with Crippen molar-refractivity contribution in [1.29, 1.82) is 0 Å². The lowest BCUT2D eigenvalue weighted by Gasteiger charge is -2.22. The van der Waals surface area contributed by atoms with Crippen molar-refractivity contribution < 1.29 is 4.79 Å². The molecule has 1 saturated heterocycles. The Morgan fingerprint density at radius 2 is 2.00 bits per heavy atom. The highest BCUT2D eigenvalue weighted by Gasteiger charge is 2.25. The summed E-state index contributed by atoms with van der Waals surface area (Å²) >= 11 is 0. The predicted octanol–water partition coefficient (Wildman–Crippen LogP) is 2.04. The molecule has 0 radical (unpaired) electrons. The Morgan fingerprint density at radius 1 is 1.32 bits per heavy atom. The average Bonchev–Trinajstić information content (AvgIpc) is 2.93. The fourth-order valence-corrected chi connectivity index (χ4v) is 2.75. The number of amides is 1. The van der Waals surface area contributed by atoms with E-state index in [1.54, 1.807) is 0 Å². The summed E-state index contributed by atoms with van der Waals surface area (Å²) < 4.78 is 0. The molecule has 1 aromatic carbocycles. The van der Waals surface area contributed by atoms with Crippen molar-refractivity contribution in [1.82, 2.24) is 4.90 Å². The maximum Gasteiger partial charge on any atom is 0.227 e. The number of likely N-dealkylation sites (tertiary alicyclic amines) is 1. The van der Waals surface area contributed by atoms with Gasteiger partial charge in [0.15, 0.2) is 0 Å². The van der Waals surface area contributed by atoms with E-state index in [4.69, 9.17) is 5.73 Å². The predicted molar refractivity (Wildman–Crippen MR) is 78.0 cm³/mol. The summed E-state index contributed by atoms with van der Waals surface area (Å²) in [4.78, 5) is 14.4.